The third kappa shape index (κ3) is 7.09. The molecule has 1 aromatic rings. The first-order valence-electron chi connectivity index (χ1n) is 10.1. The third-order valence-electron chi connectivity index (χ3n) is 4.85. The van der Waals surface area contributed by atoms with Crippen LogP contribution in [0.4, 0.5) is 0 Å². The topological polar surface area (TPSA) is 103 Å². The maximum atomic E-state index is 12.2. The highest BCUT2D eigenvalue weighted by Crippen LogP contribution is 2.27. The highest BCUT2D eigenvalue weighted by Gasteiger charge is 2.19. The maximum Gasteiger partial charge on any atom is 0.326 e. The van der Waals surface area contributed by atoms with Gasteiger partial charge < -0.3 is 24.8 Å². The zero-order chi connectivity index (χ0) is 21.9. The van der Waals surface area contributed by atoms with Crippen LogP contribution in [0.2, 0.25) is 0 Å². The summed E-state index contributed by atoms with van der Waals surface area (Å²) in [4.78, 5) is 36.3. The molecule has 0 bridgehead atoms. The summed E-state index contributed by atoms with van der Waals surface area (Å²) in [5.41, 5.74) is 1.67. The average molecular weight is 418 g/mol. The quantitative estimate of drug-likeness (QED) is 0.447. The molecular formula is C22H30N2O6. The number of rotatable bonds is 10. The van der Waals surface area contributed by atoms with Crippen LogP contribution in [0.25, 0.3) is 0 Å². The molecule has 1 aliphatic carbocycles. The van der Waals surface area contributed by atoms with Crippen molar-refractivity contribution in [2.45, 2.75) is 45.1 Å². The lowest BCUT2D eigenvalue weighted by atomic mass is 9.97. The molecule has 2 amide bonds. The van der Waals surface area contributed by atoms with Crippen molar-refractivity contribution in [3.05, 3.63) is 35.4 Å². The van der Waals surface area contributed by atoms with Crippen LogP contribution in [0.3, 0.4) is 0 Å². The lowest BCUT2D eigenvalue weighted by molar-refractivity contribution is -0.153. The molecule has 0 spiro atoms. The molecule has 0 unspecified atom stereocenters. The van der Waals surface area contributed by atoms with Gasteiger partial charge in [-0.3, -0.25) is 14.4 Å². The second kappa shape index (κ2) is 11.8. The second-order valence-corrected chi connectivity index (χ2v) is 7.03. The van der Waals surface area contributed by atoms with E-state index in [1.807, 2.05) is 0 Å². The van der Waals surface area contributed by atoms with Crippen LogP contribution in [-0.2, 0) is 14.3 Å². The lowest BCUT2D eigenvalue weighted by Crippen LogP contribution is -2.39. The SMILES string of the molecule is COc1ccc(C(=O)NCC(=O)O[C@H](C)C(=O)NCCC2=CCCCC2)cc1OC. The fourth-order valence-corrected chi connectivity index (χ4v) is 3.15. The van der Waals surface area contributed by atoms with Gasteiger partial charge in [0.05, 0.1) is 14.2 Å². The number of benzene rings is 1. The molecule has 2 rings (SSSR count). The summed E-state index contributed by atoms with van der Waals surface area (Å²) in [6, 6.07) is 4.67. The van der Waals surface area contributed by atoms with Crippen LogP contribution in [0.15, 0.2) is 29.8 Å². The van der Waals surface area contributed by atoms with E-state index < -0.39 is 18.0 Å². The number of hydrogen-bond acceptors (Lipinski definition) is 6. The van der Waals surface area contributed by atoms with E-state index in [-0.39, 0.29) is 12.5 Å². The number of carbonyl (C=O) groups excluding carboxylic acids is 3. The largest absolute Gasteiger partial charge is 0.493 e. The van der Waals surface area contributed by atoms with Crippen LogP contribution in [0, 0.1) is 0 Å². The van der Waals surface area contributed by atoms with Crippen molar-refractivity contribution < 1.29 is 28.6 Å². The first kappa shape index (κ1) is 23.3. The first-order valence-corrected chi connectivity index (χ1v) is 10.1. The number of nitrogens with one attached hydrogen (secondary N) is 2. The molecule has 8 heteroatoms. The zero-order valence-electron chi connectivity index (χ0n) is 17.8. The molecule has 1 aliphatic rings. The number of esters is 1. The van der Waals surface area contributed by atoms with Crippen molar-refractivity contribution in [2.75, 3.05) is 27.3 Å². The lowest BCUT2D eigenvalue weighted by Gasteiger charge is -2.16. The summed E-state index contributed by atoms with van der Waals surface area (Å²) < 4.78 is 15.4. The Morgan fingerprint density at radius 1 is 1.07 bits per heavy atom. The van der Waals surface area contributed by atoms with Crippen LogP contribution in [0.5, 0.6) is 11.5 Å². The van der Waals surface area contributed by atoms with E-state index in [1.54, 1.807) is 12.1 Å². The van der Waals surface area contributed by atoms with E-state index >= 15 is 0 Å². The van der Waals surface area contributed by atoms with Crippen molar-refractivity contribution in [3.63, 3.8) is 0 Å². The van der Waals surface area contributed by atoms with Crippen molar-refractivity contribution in [3.8, 4) is 11.5 Å². The summed E-state index contributed by atoms with van der Waals surface area (Å²) in [7, 11) is 2.97. The molecular weight excluding hydrogens is 388 g/mol. The van der Waals surface area contributed by atoms with Gasteiger partial charge in [0.15, 0.2) is 17.6 Å². The second-order valence-electron chi connectivity index (χ2n) is 7.03. The summed E-state index contributed by atoms with van der Waals surface area (Å²) in [6.07, 6.45) is 6.73. The standard InChI is InChI=1S/C22H30N2O6/c1-15(21(26)23-12-11-16-7-5-4-6-8-16)30-20(25)14-24-22(27)17-9-10-18(28-2)19(13-17)29-3/h7,9-10,13,15H,4-6,8,11-12,14H2,1-3H3,(H,23,26)(H,24,27)/t15-/m1/s1. The summed E-state index contributed by atoms with van der Waals surface area (Å²) in [6.45, 7) is 1.67. The number of ether oxygens (including phenoxy) is 3. The van der Waals surface area contributed by atoms with Gasteiger partial charge >= 0.3 is 5.97 Å². The van der Waals surface area contributed by atoms with E-state index in [9.17, 15) is 14.4 Å². The molecule has 1 aromatic carbocycles. The molecule has 0 fully saturated rings. The summed E-state index contributed by atoms with van der Waals surface area (Å²) >= 11 is 0. The Hall–Kier alpha value is -3.03. The van der Waals surface area contributed by atoms with Crippen molar-refractivity contribution in [1.82, 2.24) is 10.6 Å². The van der Waals surface area contributed by atoms with E-state index in [2.05, 4.69) is 16.7 Å². The van der Waals surface area contributed by atoms with Gasteiger partial charge in [-0.05, 0) is 57.2 Å². The van der Waals surface area contributed by atoms with Gasteiger partial charge in [0.25, 0.3) is 11.8 Å². The molecule has 8 nitrogen and oxygen atoms in total. The number of carbonyl (C=O) groups is 3. The van der Waals surface area contributed by atoms with E-state index in [4.69, 9.17) is 14.2 Å². The smallest absolute Gasteiger partial charge is 0.326 e. The van der Waals surface area contributed by atoms with Crippen molar-refractivity contribution in [2.24, 2.45) is 0 Å². The highest BCUT2D eigenvalue weighted by atomic mass is 16.5. The molecule has 2 N–H and O–H groups in total. The van der Waals surface area contributed by atoms with E-state index in [1.165, 1.54) is 45.6 Å². The molecule has 0 saturated carbocycles. The van der Waals surface area contributed by atoms with Gasteiger partial charge in [-0.2, -0.15) is 0 Å². The molecule has 0 saturated heterocycles. The molecule has 0 aromatic heterocycles. The van der Waals surface area contributed by atoms with Crippen LogP contribution in [-0.4, -0.2) is 51.2 Å². The molecule has 0 aliphatic heterocycles. The average Bonchev–Trinajstić information content (AvgIpc) is 2.77. The molecule has 0 heterocycles. The van der Waals surface area contributed by atoms with Crippen molar-refractivity contribution >= 4 is 17.8 Å². The fraction of sp³-hybridized carbons (Fsp3) is 0.500. The number of hydrogen-bond donors (Lipinski definition) is 2. The summed E-state index contributed by atoms with van der Waals surface area (Å²) in [5, 5.41) is 5.25. The minimum Gasteiger partial charge on any atom is -0.493 e. The Bertz CT molecular complexity index is 790. The van der Waals surface area contributed by atoms with E-state index in [0.717, 1.165) is 19.3 Å². The predicted molar refractivity (Wildman–Crippen MR) is 112 cm³/mol. The molecule has 0 radical (unpaired) electrons. The first-order chi connectivity index (χ1) is 14.4. The number of methoxy groups -OCH3 is 2. The van der Waals surface area contributed by atoms with Gasteiger partial charge in [-0.25, -0.2) is 0 Å². The molecule has 164 valence electrons. The number of amides is 2. The molecule has 1 atom stereocenters. The predicted octanol–water partition coefficient (Wildman–Crippen LogP) is 2.37. The van der Waals surface area contributed by atoms with Gasteiger partial charge in [-0.15, -0.1) is 0 Å². The maximum absolute atomic E-state index is 12.2. The Kier molecular flexibility index (Phi) is 9.18. The van der Waals surface area contributed by atoms with Crippen LogP contribution in [0.1, 0.15) is 49.4 Å². The Morgan fingerprint density at radius 3 is 2.50 bits per heavy atom. The fourth-order valence-electron chi connectivity index (χ4n) is 3.15. The van der Waals surface area contributed by atoms with Gasteiger partial charge in [0.2, 0.25) is 0 Å². The van der Waals surface area contributed by atoms with Crippen molar-refractivity contribution in [1.29, 1.82) is 0 Å². The van der Waals surface area contributed by atoms with Crippen LogP contribution < -0.4 is 20.1 Å². The molecule has 30 heavy (non-hydrogen) atoms. The number of allylic oxidation sites excluding steroid dienone is 1. The van der Waals surface area contributed by atoms with E-state index in [0.29, 0.717) is 23.6 Å². The Morgan fingerprint density at radius 2 is 1.83 bits per heavy atom. The third-order valence-corrected chi connectivity index (χ3v) is 4.85. The minimum atomic E-state index is -0.934. The van der Waals surface area contributed by atoms with Gasteiger partial charge in [-0.1, -0.05) is 11.6 Å². The van der Waals surface area contributed by atoms with Gasteiger partial charge in [0, 0.05) is 12.1 Å². The monoisotopic (exact) mass is 418 g/mol. The minimum absolute atomic E-state index is 0.309. The zero-order valence-corrected chi connectivity index (χ0v) is 17.8. The van der Waals surface area contributed by atoms with Gasteiger partial charge in [0.1, 0.15) is 6.54 Å². The highest BCUT2D eigenvalue weighted by molar-refractivity contribution is 5.96. The Balaban J connectivity index is 1.73. The van der Waals surface area contributed by atoms with Crippen LogP contribution >= 0.6 is 0 Å². The Labute approximate surface area is 176 Å². The normalized spacial score (nSPS) is 14.2. The summed E-state index contributed by atoms with van der Waals surface area (Å²) in [5.74, 6) is -0.617.